The van der Waals surface area contributed by atoms with E-state index < -0.39 is 5.69 Å². The highest BCUT2D eigenvalue weighted by Crippen LogP contribution is 2.21. The molecule has 5 N–H and O–H groups in total. The van der Waals surface area contributed by atoms with E-state index in [1.54, 1.807) is 13.8 Å². The van der Waals surface area contributed by atoms with Gasteiger partial charge in [0.05, 0.1) is 0 Å². The van der Waals surface area contributed by atoms with Gasteiger partial charge in [-0.05, 0) is 91.9 Å². The highest BCUT2D eigenvalue weighted by Gasteiger charge is 2.18. The average molecular weight is 679 g/mol. The van der Waals surface area contributed by atoms with Crippen LogP contribution in [0.2, 0.25) is 5.15 Å². The Morgan fingerprint density at radius 1 is 0.800 bits per heavy atom. The van der Waals surface area contributed by atoms with Gasteiger partial charge < -0.3 is 32.9 Å². The van der Waals surface area contributed by atoms with Gasteiger partial charge in [0.1, 0.15) is 11.0 Å². The van der Waals surface area contributed by atoms with Crippen LogP contribution < -0.4 is 46.0 Å². The fourth-order valence-corrected chi connectivity index (χ4v) is 5.53. The quantitative estimate of drug-likeness (QED) is 0.304. The number of nitrogens with zero attached hydrogens (tertiary/aromatic N) is 2. The minimum absolute atomic E-state index is 0. The zero-order valence-corrected chi connectivity index (χ0v) is 28.4. The molecule has 2 aliphatic rings. The molecule has 0 saturated carbocycles. The van der Waals surface area contributed by atoms with E-state index in [0.717, 1.165) is 56.2 Å². The maximum absolute atomic E-state index is 12.0. The monoisotopic (exact) mass is 677 g/mol. The molecule has 0 spiro atoms. The van der Waals surface area contributed by atoms with Crippen molar-refractivity contribution in [2.45, 2.75) is 112 Å². The van der Waals surface area contributed by atoms with E-state index in [9.17, 15) is 19.2 Å². The summed E-state index contributed by atoms with van der Waals surface area (Å²) in [6, 6.07) is 2.92. The first-order chi connectivity index (χ1) is 20.3. The number of ether oxygens (including phenoxy) is 2. The van der Waals surface area contributed by atoms with Crippen molar-refractivity contribution in [1.82, 2.24) is 19.1 Å². The van der Waals surface area contributed by atoms with Crippen molar-refractivity contribution in [3.05, 3.63) is 59.0 Å². The van der Waals surface area contributed by atoms with E-state index in [0.29, 0.717) is 17.8 Å². The number of rotatable bonds is 8. The summed E-state index contributed by atoms with van der Waals surface area (Å²) in [6.07, 6.45) is 6.76. The van der Waals surface area contributed by atoms with Crippen LogP contribution in [0.4, 0.5) is 5.82 Å². The molecule has 14 heteroatoms. The average Bonchev–Trinajstić information content (AvgIpc) is 2.89. The third-order valence-corrected chi connectivity index (χ3v) is 7.61. The molecular formula is C31H55Cl2N6O6-. The zero-order valence-electron chi connectivity index (χ0n) is 26.9. The lowest BCUT2D eigenvalue weighted by Crippen LogP contribution is -3.00. The van der Waals surface area contributed by atoms with Crippen molar-refractivity contribution in [3.63, 3.8) is 0 Å². The summed E-state index contributed by atoms with van der Waals surface area (Å²) in [4.78, 5) is 51.2. The molecule has 260 valence electrons. The molecule has 2 fully saturated rings. The number of nitrogens with one attached hydrogen (secondary N) is 3. The summed E-state index contributed by atoms with van der Waals surface area (Å²) < 4.78 is 12.9. The van der Waals surface area contributed by atoms with Gasteiger partial charge in [-0.3, -0.25) is 28.7 Å². The van der Waals surface area contributed by atoms with Crippen LogP contribution in [0.25, 0.3) is 0 Å². The SMILES string of the molecule is C.CC(C)n1c(=O)cc(Cl)[nH]c1=O.CC(C)n1c(=O)cc(N[C@@H](C)CC2CCOCC2)[nH]c1=O.C[C@H](N)CC1CCOCC1.[Cl-]. The van der Waals surface area contributed by atoms with Gasteiger partial charge in [0.15, 0.2) is 0 Å². The number of hydrogen-bond acceptors (Lipinski definition) is 8. The van der Waals surface area contributed by atoms with Crippen molar-refractivity contribution < 1.29 is 21.9 Å². The van der Waals surface area contributed by atoms with Crippen molar-refractivity contribution in [2.24, 2.45) is 17.6 Å². The Morgan fingerprint density at radius 2 is 1.22 bits per heavy atom. The maximum atomic E-state index is 12.0. The minimum Gasteiger partial charge on any atom is -1.00 e. The third kappa shape index (κ3) is 15.2. The number of anilines is 1. The number of nitrogens with two attached hydrogens (primary N) is 1. The highest BCUT2D eigenvalue weighted by atomic mass is 35.5. The van der Waals surface area contributed by atoms with Gasteiger partial charge in [0.25, 0.3) is 11.1 Å². The largest absolute Gasteiger partial charge is 1.00 e. The second kappa shape index (κ2) is 21.4. The molecule has 45 heavy (non-hydrogen) atoms. The van der Waals surface area contributed by atoms with E-state index >= 15 is 0 Å². The molecule has 2 aliphatic heterocycles. The van der Waals surface area contributed by atoms with Crippen molar-refractivity contribution in [2.75, 3.05) is 31.7 Å². The second-order valence-corrected chi connectivity index (χ2v) is 12.5. The van der Waals surface area contributed by atoms with Crippen LogP contribution in [-0.2, 0) is 9.47 Å². The van der Waals surface area contributed by atoms with Gasteiger partial charge in [-0.25, -0.2) is 9.59 Å². The van der Waals surface area contributed by atoms with Crippen LogP contribution in [0.1, 0.15) is 99.6 Å². The van der Waals surface area contributed by atoms with Crippen LogP contribution in [0.15, 0.2) is 31.3 Å². The normalized spacial score (nSPS) is 16.7. The molecule has 0 bridgehead atoms. The maximum Gasteiger partial charge on any atom is 0.330 e. The predicted octanol–water partition coefficient (Wildman–Crippen LogP) is 1.30. The Hall–Kier alpha value is -2.38. The molecular weight excluding hydrogens is 623 g/mol. The fraction of sp³-hybridized carbons (Fsp3) is 0.742. The molecule has 12 nitrogen and oxygen atoms in total. The molecule has 0 amide bonds. The summed E-state index contributed by atoms with van der Waals surface area (Å²) in [7, 11) is 0. The van der Waals surface area contributed by atoms with Crippen LogP contribution in [0.3, 0.4) is 0 Å². The standard InChI is InChI=1S/C15H25N3O3.C8H17NO.C7H9ClN2O2.CH4.ClH/c1-10(2)18-14(19)9-13(17-15(18)20)16-11(3)8-12-4-6-21-7-5-12;1-7(9)6-8-2-4-10-5-3-8;1-4(2)10-6(11)3-5(8)9-7(10)12;;/h9-12,16H,4-8H2,1-3H3,(H,17,20);7-8H,2-6,9H2,1H3;3-4H,1-2H3,(H,9,12);1H4;1H/p-1/t11-;7-;;;/m00.../s1. The first-order valence-electron chi connectivity index (χ1n) is 15.3. The minimum atomic E-state index is -0.470. The Labute approximate surface area is 277 Å². The van der Waals surface area contributed by atoms with Crippen LogP contribution in [0, 0.1) is 11.8 Å². The van der Waals surface area contributed by atoms with E-state index in [-0.39, 0.29) is 59.9 Å². The molecule has 0 aromatic carbocycles. The van der Waals surface area contributed by atoms with Gasteiger partial charge >= 0.3 is 11.4 Å². The van der Waals surface area contributed by atoms with E-state index in [1.165, 1.54) is 36.0 Å². The van der Waals surface area contributed by atoms with Gasteiger partial charge in [0.2, 0.25) is 0 Å². The number of halogens is 2. The Kier molecular flexibility index (Phi) is 20.3. The number of aromatic nitrogens is 4. The molecule has 4 heterocycles. The summed E-state index contributed by atoms with van der Waals surface area (Å²) >= 11 is 5.46. The van der Waals surface area contributed by atoms with Crippen LogP contribution >= 0.6 is 11.6 Å². The topological polar surface area (TPSA) is 166 Å². The molecule has 4 rings (SSSR count). The lowest BCUT2D eigenvalue weighted by molar-refractivity contribution is -0.0000146. The third-order valence-electron chi connectivity index (χ3n) is 7.41. The Balaban J connectivity index is 0.000000689. The van der Waals surface area contributed by atoms with Gasteiger partial charge in [-0.2, -0.15) is 0 Å². The van der Waals surface area contributed by atoms with Crippen LogP contribution in [0.5, 0.6) is 0 Å². The first kappa shape index (κ1) is 42.6. The molecule has 0 unspecified atom stereocenters. The highest BCUT2D eigenvalue weighted by molar-refractivity contribution is 6.29. The van der Waals surface area contributed by atoms with E-state index in [4.69, 9.17) is 26.8 Å². The van der Waals surface area contributed by atoms with Crippen molar-refractivity contribution >= 4 is 17.4 Å². The number of hydrogen-bond donors (Lipinski definition) is 4. The molecule has 2 aromatic heterocycles. The summed E-state index contributed by atoms with van der Waals surface area (Å²) in [5, 5.41) is 3.30. The second-order valence-electron chi connectivity index (χ2n) is 12.1. The fourth-order valence-electron chi connectivity index (χ4n) is 5.35. The number of aromatic amines is 2. The van der Waals surface area contributed by atoms with Gasteiger partial charge in [-0.1, -0.05) is 19.0 Å². The molecule has 2 atom stereocenters. The van der Waals surface area contributed by atoms with Gasteiger partial charge in [0, 0.05) is 62.7 Å². The molecule has 2 aromatic rings. The zero-order chi connectivity index (χ0) is 32.1. The Morgan fingerprint density at radius 3 is 1.62 bits per heavy atom. The lowest BCUT2D eigenvalue weighted by atomic mass is 9.93. The summed E-state index contributed by atoms with van der Waals surface area (Å²) in [6.45, 7) is 14.8. The lowest BCUT2D eigenvalue weighted by Gasteiger charge is -2.25. The predicted molar refractivity (Wildman–Crippen MR) is 178 cm³/mol. The van der Waals surface area contributed by atoms with Crippen molar-refractivity contribution in [1.29, 1.82) is 0 Å². The van der Waals surface area contributed by atoms with E-state index in [2.05, 4.69) is 29.1 Å². The van der Waals surface area contributed by atoms with E-state index in [1.807, 2.05) is 13.8 Å². The first-order valence-corrected chi connectivity index (χ1v) is 15.7. The number of H-pyrrole nitrogens is 2. The molecule has 2 saturated heterocycles. The summed E-state index contributed by atoms with van der Waals surface area (Å²) in [5.41, 5.74) is 4.20. The molecule has 0 radical (unpaired) electrons. The van der Waals surface area contributed by atoms with Crippen molar-refractivity contribution in [3.8, 4) is 0 Å². The Bertz CT molecular complexity index is 1280. The summed E-state index contributed by atoms with van der Waals surface area (Å²) in [5.74, 6) is 1.97. The van der Waals surface area contributed by atoms with Crippen LogP contribution in [-0.4, -0.2) is 57.6 Å². The smallest absolute Gasteiger partial charge is 0.330 e. The van der Waals surface area contributed by atoms with Gasteiger partial charge in [-0.15, -0.1) is 0 Å². The molecule has 0 aliphatic carbocycles.